The number of hydrogen-bond donors (Lipinski definition) is 0. The van der Waals surface area contributed by atoms with E-state index in [0.29, 0.717) is 0 Å². The van der Waals surface area contributed by atoms with Crippen LogP contribution in [0, 0.1) is 0 Å². The van der Waals surface area contributed by atoms with Crippen molar-refractivity contribution in [3.05, 3.63) is 42.7 Å². The van der Waals surface area contributed by atoms with E-state index in [1.54, 1.807) is 0 Å². The Morgan fingerprint density at radius 2 is 1.20 bits per heavy atom. The summed E-state index contributed by atoms with van der Waals surface area (Å²) in [6.45, 7) is 13.6. The van der Waals surface area contributed by atoms with E-state index in [9.17, 15) is 0 Å². The Hall–Kier alpha value is -0.743. The van der Waals surface area contributed by atoms with Crippen LogP contribution in [0.25, 0.3) is 0 Å². The standard InChI is InChI=1S/C16H25BrN2Si/c1-15(2,3)18-12-13-19(16(4,5)6)20(18,17)14-10-8-7-9-11-14/h7-13H,1-6H3. The molecule has 0 aromatic heterocycles. The molecule has 0 fully saturated rings. The highest BCUT2D eigenvalue weighted by Crippen LogP contribution is 2.38. The second kappa shape index (κ2) is 4.92. The number of nitrogens with zero attached hydrogens (tertiary/aromatic N) is 2. The molecule has 0 bridgehead atoms. The van der Waals surface area contributed by atoms with E-state index < -0.39 is 7.02 Å². The molecule has 110 valence electrons. The molecule has 0 amide bonds. The molecule has 0 atom stereocenters. The molecule has 0 saturated heterocycles. The minimum Gasteiger partial charge on any atom is -0.369 e. The molecule has 0 saturated carbocycles. The lowest BCUT2D eigenvalue weighted by atomic mass is 10.1. The van der Waals surface area contributed by atoms with Crippen LogP contribution in [-0.2, 0) is 0 Å². The lowest BCUT2D eigenvalue weighted by molar-refractivity contribution is 0.282. The van der Waals surface area contributed by atoms with Gasteiger partial charge in [0, 0.05) is 23.5 Å². The lowest BCUT2D eigenvalue weighted by Crippen LogP contribution is -2.70. The summed E-state index contributed by atoms with van der Waals surface area (Å²) in [5.74, 6) is 0. The SMILES string of the molecule is CC(C)(C)N1C=CN(C(C)(C)C)[Si]1(Br)c1ccccc1. The molecule has 1 aliphatic rings. The fourth-order valence-electron chi connectivity index (χ4n) is 2.71. The van der Waals surface area contributed by atoms with Crippen LogP contribution >= 0.6 is 15.3 Å². The first-order valence-corrected chi connectivity index (χ1v) is 11.2. The summed E-state index contributed by atoms with van der Waals surface area (Å²) < 4.78 is 5.03. The Bertz CT molecular complexity index is 475. The number of halogens is 1. The molecule has 0 aliphatic carbocycles. The van der Waals surface area contributed by atoms with Gasteiger partial charge in [-0.05, 0) is 46.7 Å². The third-order valence-corrected chi connectivity index (χ3v) is 11.2. The van der Waals surface area contributed by atoms with Crippen LogP contribution in [0.15, 0.2) is 42.7 Å². The van der Waals surface area contributed by atoms with E-state index in [1.165, 1.54) is 5.19 Å². The fourth-order valence-corrected chi connectivity index (χ4v) is 11.1. The monoisotopic (exact) mass is 352 g/mol. The van der Waals surface area contributed by atoms with E-state index in [1.807, 2.05) is 0 Å². The summed E-state index contributed by atoms with van der Waals surface area (Å²) in [4.78, 5) is 0. The first-order valence-electron chi connectivity index (χ1n) is 7.09. The normalized spacial score (nSPS) is 18.8. The molecule has 0 radical (unpaired) electrons. The summed E-state index contributed by atoms with van der Waals surface area (Å²) in [7, 11) is -2.12. The first kappa shape index (κ1) is 15.6. The summed E-state index contributed by atoms with van der Waals surface area (Å²) in [5, 5.41) is 1.38. The average molecular weight is 353 g/mol. The van der Waals surface area contributed by atoms with E-state index in [0.717, 1.165) is 0 Å². The quantitative estimate of drug-likeness (QED) is 0.558. The highest BCUT2D eigenvalue weighted by Gasteiger charge is 2.54. The highest BCUT2D eigenvalue weighted by atomic mass is 79.9. The minimum absolute atomic E-state index is 0.0854. The zero-order valence-corrected chi connectivity index (χ0v) is 15.9. The minimum atomic E-state index is -2.12. The van der Waals surface area contributed by atoms with Crippen molar-refractivity contribution in [1.29, 1.82) is 0 Å². The molecule has 0 unspecified atom stereocenters. The van der Waals surface area contributed by atoms with Crippen LogP contribution in [-0.4, -0.2) is 27.2 Å². The summed E-state index contributed by atoms with van der Waals surface area (Å²) in [6, 6.07) is 10.8. The van der Waals surface area contributed by atoms with Gasteiger partial charge in [-0.2, -0.15) is 0 Å². The zero-order valence-electron chi connectivity index (χ0n) is 13.3. The van der Waals surface area contributed by atoms with Gasteiger partial charge in [-0.25, -0.2) is 0 Å². The van der Waals surface area contributed by atoms with Crippen molar-refractivity contribution in [3.63, 3.8) is 0 Å². The largest absolute Gasteiger partial charge is 0.372 e. The van der Waals surface area contributed by atoms with Gasteiger partial charge in [-0.3, -0.25) is 0 Å². The van der Waals surface area contributed by atoms with Crippen molar-refractivity contribution in [2.24, 2.45) is 0 Å². The smallest absolute Gasteiger partial charge is 0.369 e. The van der Waals surface area contributed by atoms with Crippen LogP contribution in [0.3, 0.4) is 0 Å². The van der Waals surface area contributed by atoms with E-state index in [2.05, 4.69) is 109 Å². The van der Waals surface area contributed by atoms with Gasteiger partial charge in [-0.15, -0.1) is 0 Å². The van der Waals surface area contributed by atoms with E-state index >= 15 is 0 Å². The van der Waals surface area contributed by atoms with Crippen LogP contribution in [0.5, 0.6) is 0 Å². The second-order valence-electron chi connectivity index (χ2n) is 7.33. The number of hydrogen-bond acceptors (Lipinski definition) is 2. The van der Waals surface area contributed by atoms with Gasteiger partial charge >= 0.3 is 7.02 Å². The maximum absolute atomic E-state index is 4.19. The Morgan fingerprint density at radius 3 is 1.55 bits per heavy atom. The van der Waals surface area contributed by atoms with Crippen molar-refractivity contribution in [2.75, 3.05) is 0 Å². The molecule has 1 aliphatic heterocycles. The third kappa shape index (κ3) is 2.55. The van der Waals surface area contributed by atoms with Gasteiger partial charge in [0.05, 0.1) is 0 Å². The Labute approximate surface area is 132 Å². The fraction of sp³-hybridized carbons (Fsp3) is 0.500. The summed E-state index contributed by atoms with van der Waals surface area (Å²) >= 11 is 4.19. The molecule has 0 N–H and O–H groups in total. The number of rotatable bonds is 1. The predicted octanol–water partition coefficient (Wildman–Crippen LogP) is 3.91. The molecule has 2 rings (SSSR count). The van der Waals surface area contributed by atoms with Crippen LogP contribution < -0.4 is 5.19 Å². The van der Waals surface area contributed by atoms with Gasteiger partial charge < -0.3 is 9.13 Å². The predicted molar refractivity (Wildman–Crippen MR) is 93.1 cm³/mol. The van der Waals surface area contributed by atoms with Crippen molar-refractivity contribution < 1.29 is 0 Å². The molecule has 0 spiro atoms. The van der Waals surface area contributed by atoms with Crippen molar-refractivity contribution >= 4 is 27.5 Å². The van der Waals surface area contributed by atoms with Gasteiger partial charge in [0.15, 0.2) is 0 Å². The molecule has 1 aromatic carbocycles. The Morgan fingerprint density at radius 1 is 0.800 bits per heavy atom. The third-order valence-electron chi connectivity index (χ3n) is 3.59. The second-order valence-corrected chi connectivity index (χ2v) is 13.4. The Kier molecular flexibility index (Phi) is 3.84. The zero-order chi connectivity index (χ0) is 15.2. The van der Waals surface area contributed by atoms with Gasteiger partial charge in [-0.1, -0.05) is 45.6 Å². The summed E-state index contributed by atoms with van der Waals surface area (Å²) in [5.41, 5.74) is 0.171. The van der Waals surface area contributed by atoms with Crippen molar-refractivity contribution in [2.45, 2.75) is 52.6 Å². The Balaban J connectivity index is 2.57. The van der Waals surface area contributed by atoms with Crippen LogP contribution in [0.2, 0.25) is 0 Å². The molecule has 1 heterocycles. The maximum Gasteiger partial charge on any atom is 0.372 e. The molecule has 1 aromatic rings. The molecular weight excluding hydrogens is 328 g/mol. The van der Waals surface area contributed by atoms with Gasteiger partial charge in [0.1, 0.15) is 0 Å². The molecule has 4 heteroatoms. The van der Waals surface area contributed by atoms with E-state index in [-0.39, 0.29) is 11.1 Å². The lowest BCUT2D eigenvalue weighted by Gasteiger charge is -2.49. The highest BCUT2D eigenvalue weighted by molar-refractivity contribution is 9.26. The molecule has 2 nitrogen and oxygen atoms in total. The topological polar surface area (TPSA) is 6.48 Å². The first-order chi connectivity index (χ1) is 9.08. The van der Waals surface area contributed by atoms with Gasteiger partial charge in [0.2, 0.25) is 0 Å². The summed E-state index contributed by atoms with van der Waals surface area (Å²) in [6.07, 6.45) is 4.50. The van der Waals surface area contributed by atoms with Crippen molar-refractivity contribution in [1.82, 2.24) is 9.13 Å². The van der Waals surface area contributed by atoms with Gasteiger partial charge in [0.25, 0.3) is 0 Å². The number of benzene rings is 1. The average Bonchev–Trinajstić information content (AvgIpc) is 2.69. The molecular formula is C16H25BrN2Si. The van der Waals surface area contributed by atoms with Crippen LogP contribution in [0.4, 0.5) is 0 Å². The van der Waals surface area contributed by atoms with Crippen molar-refractivity contribution in [3.8, 4) is 0 Å². The maximum atomic E-state index is 4.19. The molecule has 20 heavy (non-hydrogen) atoms. The van der Waals surface area contributed by atoms with E-state index in [4.69, 9.17) is 0 Å². The van der Waals surface area contributed by atoms with Crippen LogP contribution in [0.1, 0.15) is 41.5 Å².